The molecule has 0 radical (unpaired) electrons. The first-order valence-corrected chi connectivity index (χ1v) is 26.8. The second-order valence-electron chi connectivity index (χ2n) is 21.1. The van der Waals surface area contributed by atoms with Crippen LogP contribution in [-0.2, 0) is 46.1 Å². The summed E-state index contributed by atoms with van der Waals surface area (Å²) in [7, 11) is 3.71. The number of amides is 2. The van der Waals surface area contributed by atoms with Gasteiger partial charge in [-0.2, -0.15) is 0 Å². The molecule has 21 heteroatoms. The number of Topliss-reactive ketones (excluding diaryl/α,β-unsaturated/α-hetero) is 1. The summed E-state index contributed by atoms with van der Waals surface area (Å²) in [6, 6.07) is 18.9. The number of hydrogen-bond donors (Lipinski definition) is 1. The van der Waals surface area contributed by atoms with Crippen molar-refractivity contribution in [2.75, 3.05) is 52.4 Å². The average Bonchev–Trinajstić information content (AvgIpc) is 4.01. The van der Waals surface area contributed by atoms with Crippen molar-refractivity contribution >= 4 is 64.5 Å². The van der Waals surface area contributed by atoms with Gasteiger partial charge in [-0.25, -0.2) is 19.6 Å². The van der Waals surface area contributed by atoms with Crippen LogP contribution >= 0.6 is 23.2 Å². The number of aliphatic hydroxyl groups excluding tert-OH is 1. The molecule has 10 rings (SSSR count). The summed E-state index contributed by atoms with van der Waals surface area (Å²) in [5, 5.41) is 12.6. The molecule has 2 aliphatic carbocycles. The zero-order valence-corrected chi connectivity index (χ0v) is 46.9. The van der Waals surface area contributed by atoms with Gasteiger partial charge in [0.25, 0.3) is 0 Å². The van der Waals surface area contributed by atoms with Crippen LogP contribution in [0.2, 0.25) is 10.0 Å². The number of halogens is 2. The molecule has 2 fully saturated rings. The SMILES string of the molecule is Cn1cnc(C(=O)C2=Cc3cccnc3[C@@H](N3CCN(C(=O)OC(C)(C)C)CC3)c3ccc(Cl)cc32)c1.Cn1cnc(C(O)C2=Cc3cccnc3[C@@H](N3CCN(C(=O)OC(C)(C)C)CC3)c3ccc(Cl)cc32)c1.[O]=[Mn]=[O]. The molecule has 6 heterocycles. The first-order valence-electron chi connectivity index (χ1n) is 25.1. The summed E-state index contributed by atoms with van der Waals surface area (Å²) < 4.78 is 31.5. The predicted octanol–water partition coefficient (Wildman–Crippen LogP) is 9.31. The minimum absolute atomic E-state index is 0.172. The topological polar surface area (TPSA) is 198 Å². The Hall–Kier alpha value is -6.57. The molecule has 2 amide bonds. The number of allylic oxidation sites excluding steroid dienone is 1. The number of carbonyl (C=O) groups is 3. The van der Waals surface area contributed by atoms with Crippen LogP contribution in [-0.4, -0.2) is 135 Å². The van der Waals surface area contributed by atoms with E-state index < -0.39 is 32.1 Å². The molecule has 2 saturated heterocycles. The molecule has 0 spiro atoms. The Morgan fingerprint density at radius 2 is 1.09 bits per heavy atom. The van der Waals surface area contributed by atoms with Gasteiger partial charge >= 0.3 is 34.7 Å². The molecule has 405 valence electrons. The molecule has 18 nitrogen and oxygen atoms in total. The molecule has 2 aliphatic heterocycles. The van der Waals surface area contributed by atoms with Gasteiger partial charge in [0.1, 0.15) is 23.0 Å². The Balaban J connectivity index is 0.000000194. The number of pyridine rings is 2. The zero-order chi connectivity index (χ0) is 55.3. The number of carbonyl (C=O) groups excluding carboxylic acids is 3. The Labute approximate surface area is 463 Å². The molecule has 4 aromatic heterocycles. The number of aryl methyl sites for hydroxylation is 2. The number of rotatable bonds is 6. The van der Waals surface area contributed by atoms with Crippen LogP contribution in [0.1, 0.15) is 121 Å². The van der Waals surface area contributed by atoms with Crippen molar-refractivity contribution in [1.29, 1.82) is 0 Å². The van der Waals surface area contributed by atoms with Gasteiger partial charge in [-0.3, -0.25) is 24.6 Å². The van der Waals surface area contributed by atoms with Crippen LogP contribution in [0.4, 0.5) is 9.59 Å². The average molecular weight is 1130 g/mol. The van der Waals surface area contributed by atoms with Crippen molar-refractivity contribution in [3.63, 3.8) is 0 Å². The van der Waals surface area contributed by atoms with Gasteiger partial charge in [-0.1, -0.05) is 47.5 Å². The number of aromatic nitrogens is 6. The summed E-state index contributed by atoms with van der Waals surface area (Å²) in [5.74, 6) is -0.172. The summed E-state index contributed by atoms with van der Waals surface area (Å²) in [4.78, 5) is 65.4. The van der Waals surface area contributed by atoms with E-state index >= 15 is 0 Å². The van der Waals surface area contributed by atoms with Gasteiger partial charge in [0.2, 0.25) is 5.78 Å². The predicted molar refractivity (Wildman–Crippen MR) is 287 cm³/mol. The first kappa shape index (κ1) is 56.6. The van der Waals surface area contributed by atoms with E-state index in [2.05, 4.69) is 19.8 Å². The van der Waals surface area contributed by atoms with Gasteiger partial charge < -0.3 is 33.5 Å². The van der Waals surface area contributed by atoms with Crippen molar-refractivity contribution in [2.24, 2.45) is 14.1 Å². The Morgan fingerprint density at radius 3 is 1.55 bits per heavy atom. The Bertz CT molecular complexity index is 3250. The molecular weight excluding hydrogens is 1070 g/mol. The van der Waals surface area contributed by atoms with E-state index in [1.54, 1.807) is 45.6 Å². The van der Waals surface area contributed by atoms with Crippen molar-refractivity contribution in [3.8, 4) is 0 Å². The molecule has 0 bridgehead atoms. The van der Waals surface area contributed by atoms with Gasteiger partial charge in [-0.05, 0) is 129 Å². The number of ether oxygens (including phenoxy) is 2. The number of fused-ring (bicyclic) bond motifs is 4. The molecule has 2 aromatic carbocycles. The summed E-state index contributed by atoms with van der Waals surface area (Å²) >= 11 is 11.5. The standard InChI is InChI=1S/C28H32ClN5O3.C28H30ClN5O3.Mn.2O/c2*1-28(2,3)37-27(36)34-12-10-33(11-13-34)25-20-8-7-19(29)15-21(20)22(14-18-6-5-9-30-24(18)25)26(35)23-16-32(4)17-31-23;;;/h5-9,14-17,25-26,35H,10-13H2,1-4H3;5-9,14-17,25H,10-13H2,1-4H3;;;/t25-,26?;25-;;;/m00.../s1. The summed E-state index contributed by atoms with van der Waals surface area (Å²) in [6.45, 7) is 16.0. The third kappa shape index (κ3) is 13.4. The second kappa shape index (κ2) is 24.0. The minimum atomic E-state index is -1.44. The number of aliphatic hydroxyl groups is 1. The van der Waals surface area contributed by atoms with E-state index in [1.165, 1.54) is 0 Å². The number of imidazole rings is 2. The monoisotopic (exact) mass is 1130 g/mol. The van der Waals surface area contributed by atoms with Crippen LogP contribution in [0.25, 0.3) is 23.3 Å². The fourth-order valence-electron chi connectivity index (χ4n) is 9.88. The van der Waals surface area contributed by atoms with Crippen LogP contribution in [0.15, 0.2) is 98.1 Å². The number of benzene rings is 2. The molecule has 6 aromatic rings. The second-order valence-corrected chi connectivity index (χ2v) is 22.1. The van der Waals surface area contributed by atoms with Crippen LogP contribution < -0.4 is 0 Å². The summed E-state index contributed by atoms with van der Waals surface area (Å²) in [5.41, 5.74) is 8.26. The normalized spacial score (nSPS) is 17.9. The fraction of sp³-hybridized carbons (Fsp3) is 0.375. The van der Waals surface area contributed by atoms with E-state index in [0.717, 1.165) is 50.3 Å². The molecule has 1 unspecified atom stereocenters. The quantitative estimate of drug-likeness (QED) is 0.122. The number of ketones is 1. The molecule has 77 heavy (non-hydrogen) atoms. The van der Waals surface area contributed by atoms with Crippen LogP contribution in [0, 0.1) is 0 Å². The number of nitrogens with zero attached hydrogens (tertiary/aromatic N) is 10. The van der Waals surface area contributed by atoms with E-state index in [9.17, 15) is 19.5 Å². The van der Waals surface area contributed by atoms with E-state index in [4.69, 9.17) is 50.3 Å². The molecule has 0 saturated carbocycles. The van der Waals surface area contributed by atoms with Gasteiger partial charge in [-0.15, -0.1) is 0 Å². The van der Waals surface area contributed by atoms with Crippen molar-refractivity contribution in [3.05, 3.63) is 164 Å². The Morgan fingerprint density at radius 1 is 0.636 bits per heavy atom. The van der Waals surface area contributed by atoms with E-state index in [1.807, 2.05) is 139 Å². The van der Waals surface area contributed by atoms with Gasteiger partial charge in [0, 0.05) is 107 Å². The molecule has 3 atom stereocenters. The van der Waals surface area contributed by atoms with Crippen LogP contribution in [0.3, 0.4) is 0 Å². The maximum absolute atomic E-state index is 13.7. The zero-order valence-electron chi connectivity index (χ0n) is 44.2. The van der Waals surface area contributed by atoms with Gasteiger partial charge in [0.15, 0.2) is 0 Å². The first-order chi connectivity index (χ1) is 36.6. The van der Waals surface area contributed by atoms with Crippen LogP contribution in [0.5, 0.6) is 0 Å². The summed E-state index contributed by atoms with van der Waals surface area (Å²) in [6.07, 6.45) is 12.8. The molecule has 1 N–H and O–H groups in total. The van der Waals surface area contributed by atoms with Crippen molar-refractivity contribution < 1.29 is 51.5 Å². The number of piperazine rings is 2. The Kier molecular flexibility index (Phi) is 17.6. The third-order valence-electron chi connectivity index (χ3n) is 13.2. The molecule has 4 aliphatic rings. The third-order valence-corrected chi connectivity index (χ3v) is 13.7. The van der Waals surface area contributed by atoms with Crippen molar-refractivity contribution in [1.82, 2.24) is 48.7 Å². The fourth-order valence-corrected chi connectivity index (χ4v) is 10.2. The van der Waals surface area contributed by atoms with E-state index in [-0.39, 0.29) is 30.1 Å². The number of hydrogen-bond acceptors (Lipinski definition) is 14. The van der Waals surface area contributed by atoms with Gasteiger partial charge in [0.05, 0.1) is 41.8 Å². The van der Waals surface area contributed by atoms with E-state index in [0.29, 0.717) is 79.4 Å². The maximum atomic E-state index is 13.7. The molecular formula is C56H62Cl2MnN10O8. The van der Waals surface area contributed by atoms with Crippen molar-refractivity contribution in [2.45, 2.75) is 70.9 Å².